The number of halogens is 1. The zero-order valence-electron chi connectivity index (χ0n) is 13.7. The average molecular weight is 328 g/mol. The van der Waals surface area contributed by atoms with Crippen molar-refractivity contribution in [2.45, 2.75) is 31.1 Å². The van der Waals surface area contributed by atoms with Crippen molar-refractivity contribution in [1.29, 1.82) is 0 Å². The average Bonchev–Trinajstić information content (AvgIpc) is 3.28. The summed E-state index contributed by atoms with van der Waals surface area (Å²) in [6.07, 6.45) is 4.31. The van der Waals surface area contributed by atoms with Gasteiger partial charge in [0.05, 0.1) is 0 Å². The first-order chi connectivity index (χ1) is 11.6. The van der Waals surface area contributed by atoms with Crippen LogP contribution in [0, 0.1) is 11.7 Å². The first kappa shape index (κ1) is 15.3. The fourth-order valence-corrected chi connectivity index (χ4v) is 3.84. The van der Waals surface area contributed by atoms with E-state index < -0.39 is 0 Å². The smallest absolute Gasteiger partial charge is 0.226 e. The third-order valence-electron chi connectivity index (χ3n) is 5.33. The van der Waals surface area contributed by atoms with Crippen LogP contribution in [0.25, 0.3) is 0 Å². The quantitative estimate of drug-likeness (QED) is 0.870. The summed E-state index contributed by atoms with van der Waals surface area (Å²) in [6, 6.07) is 6.80. The monoisotopic (exact) mass is 328 g/mol. The summed E-state index contributed by atoms with van der Waals surface area (Å²) in [6.45, 7) is 1.49. The van der Waals surface area contributed by atoms with Gasteiger partial charge in [-0.05, 0) is 36.8 Å². The Bertz CT molecular complexity index is 751. The highest BCUT2D eigenvalue weighted by Gasteiger charge is 2.47. The Morgan fingerprint density at radius 1 is 1.25 bits per heavy atom. The number of carbonyl (C=O) groups excluding carboxylic acids is 1. The van der Waals surface area contributed by atoms with Crippen molar-refractivity contribution in [3.05, 3.63) is 47.8 Å². The first-order valence-corrected chi connectivity index (χ1v) is 8.52. The summed E-state index contributed by atoms with van der Waals surface area (Å²) in [5, 5.41) is 8.12. The third-order valence-corrected chi connectivity index (χ3v) is 5.33. The van der Waals surface area contributed by atoms with Crippen molar-refractivity contribution in [2.75, 3.05) is 13.1 Å². The Balaban J connectivity index is 1.36. The van der Waals surface area contributed by atoms with Gasteiger partial charge >= 0.3 is 0 Å². The molecule has 0 spiro atoms. The van der Waals surface area contributed by atoms with Crippen LogP contribution < -0.4 is 0 Å². The molecular formula is C18H21FN4O. The molecular weight excluding hydrogens is 307 g/mol. The van der Waals surface area contributed by atoms with Crippen molar-refractivity contribution in [3.63, 3.8) is 0 Å². The SMILES string of the molecule is Cn1cnnc1C1CCN(C(=O)[C@H]2C[C@@H]2c2ccccc2F)CC1. The van der Waals surface area contributed by atoms with Gasteiger partial charge in [0.25, 0.3) is 0 Å². The van der Waals surface area contributed by atoms with E-state index in [1.54, 1.807) is 18.5 Å². The maximum absolute atomic E-state index is 13.9. The van der Waals surface area contributed by atoms with E-state index in [1.807, 2.05) is 22.6 Å². The van der Waals surface area contributed by atoms with Crippen LogP contribution in [0.15, 0.2) is 30.6 Å². The molecule has 0 N–H and O–H groups in total. The lowest BCUT2D eigenvalue weighted by molar-refractivity contribution is -0.133. The summed E-state index contributed by atoms with van der Waals surface area (Å²) in [5.74, 6) is 1.35. The van der Waals surface area contributed by atoms with Gasteiger partial charge < -0.3 is 9.47 Å². The summed E-state index contributed by atoms with van der Waals surface area (Å²) in [7, 11) is 1.95. The predicted molar refractivity (Wildman–Crippen MR) is 86.8 cm³/mol. The number of aryl methyl sites for hydroxylation is 1. The van der Waals surface area contributed by atoms with E-state index in [1.165, 1.54) is 6.07 Å². The van der Waals surface area contributed by atoms with Gasteiger partial charge in [-0.1, -0.05) is 18.2 Å². The highest BCUT2D eigenvalue weighted by atomic mass is 19.1. The van der Waals surface area contributed by atoms with Crippen LogP contribution in [0.3, 0.4) is 0 Å². The molecule has 2 atom stereocenters. The highest BCUT2D eigenvalue weighted by molar-refractivity contribution is 5.83. The Hall–Kier alpha value is -2.24. The van der Waals surface area contributed by atoms with Crippen LogP contribution in [0.5, 0.6) is 0 Å². The van der Waals surface area contributed by atoms with Gasteiger partial charge in [-0.15, -0.1) is 10.2 Å². The lowest BCUT2D eigenvalue weighted by Gasteiger charge is -2.31. The summed E-state index contributed by atoms with van der Waals surface area (Å²) in [4.78, 5) is 14.6. The molecule has 5 nitrogen and oxygen atoms in total. The molecule has 2 aromatic rings. The number of amides is 1. The van der Waals surface area contributed by atoms with Gasteiger partial charge in [0.15, 0.2) is 0 Å². The van der Waals surface area contributed by atoms with Crippen LogP contribution >= 0.6 is 0 Å². The van der Waals surface area contributed by atoms with E-state index in [4.69, 9.17) is 0 Å². The zero-order chi connectivity index (χ0) is 16.7. The van der Waals surface area contributed by atoms with Crippen molar-refractivity contribution in [2.24, 2.45) is 13.0 Å². The number of benzene rings is 1. The topological polar surface area (TPSA) is 51.0 Å². The van der Waals surface area contributed by atoms with Gasteiger partial charge in [0.2, 0.25) is 5.91 Å². The van der Waals surface area contributed by atoms with Crippen molar-refractivity contribution >= 4 is 5.91 Å². The summed E-state index contributed by atoms with van der Waals surface area (Å²) >= 11 is 0. The Morgan fingerprint density at radius 2 is 2.00 bits per heavy atom. The van der Waals surface area contributed by atoms with Crippen molar-refractivity contribution in [1.82, 2.24) is 19.7 Å². The standard InChI is InChI=1S/C18H21FN4O/c1-22-11-20-21-17(22)12-6-8-23(9-7-12)18(24)15-10-14(15)13-4-2-3-5-16(13)19/h2-5,11-12,14-15H,6-10H2,1H3/t14-,15+/m1/s1. The minimum Gasteiger partial charge on any atom is -0.342 e. The van der Waals surface area contributed by atoms with Gasteiger partial charge in [-0.25, -0.2) is 4.39 Å². The second-order valence-corrected chi connectivity index (χ2v) is 6.87. The Labute approximate surface area is 140 Å². The second kappa shape index (κ2) is 6.00. The highest BCUT2D eigenvalue weighted by Crippen LogP contribution is 2.49. The van der Waals surface area contributed by atoms with E-state index in [2.05, 4.69) is 10.2 Å². The summed E-state index contributed by atoms with van der Waals surface area (Å²) in [5.41, 5.74) is 0.685. The fraction of sp³-hybridized carbons (Fsp3) is 0.500. The molecule has 1 aliphatic carbocycles. The molecule has 1 saturated heterocycles. The van der Waals surface area contributed by atoms with Crippen molar-refractivity contribution in [3.8, 4) is 0 Å². The van der Waals surface area contributed by atoms with E-state index >= 15 is 0 Å². The van der Waals surface area contributed by atoms with E-state index in [0.717, 1.165) is 38.2 Å². The molecule has 2 aliphatic rings. The number of likely N-dealkylation sites (tertiary alicyclic amines) is 1. The third kappa shape index (κ3) is 2.70. The number of carbonyl (C=O) groups is 1. The van der Waals surface area contributed by atoms with Gasteiger partial charge in [-0.2, -0.15) is 0 Å². The van der Waals surface area contributed by atoms with Gasteiger partial charge in [0.1, 0.15) is 18.0 Å². The molecule has 0 radical (unpaired) electrons. The number of hydrogen-bond donors (Lipinski definition) is 0. The maximum atomic E-state index is 13.9. The first-order valence-electron chi connectivity index (χ1n) is 8.52. The van der Waals surface area contributed by atoms with E-state index in [0.29, 0.717) is 11.5 Å². The molecule has 1 aromatic carbocycles. The van der Waals surface area contributed by atoms with Gasteiger partial charge in [-0.3, -0.25) is 4.79 Å². The summed E-state index contributed by atoms with van der Waals surface area (Å²) < 4.78 is 15.8. The Morgan fingerprint density at radius 3 is 2.67 bits per heavy atom. The lowest BCUT2D eigenvalue weighted by atomic mass is 9.95. The molecule has 0 bridgehead atoms. The molecule has 4 rings (SSSR count). The van der Waals surface area contributed by atoms with Crippen LogP contribution in [-0.4, -0.2) is 38.7 Å². The number of piperidine rings is 1. The van der Waals surface area contributed by atoms with Crippen molar-refractivity contribution < 1.29 is 9.18 Å². The van der Waals surface area contributed by atoms with Crippen LogP contribution in [0.4, 0.5) is 4.39 Å². The van der Waals surface area contributed by atoms with Crippen LogP contribution in [0.2, 0.25) is 0 Å². The van der Waals surface area contributed by atoms with Crippen LogP contribution in [0.1, 0.15) is 42.5 Å². The molecule has 126 valence electrons. The maximum Gasteiger partial charge on any atom is 0.226 e. The zero-order valence-corrected chi connectivity index (χ0v) is 13.7. The molecule has 1 saturated carbocycles. The number of aromatic nitrogens is 3. The number of rotatable bonds is 3. The number of hydrogen-bond acceptors (Lipinski definition) is 3. The normalized spacial score (nSPS) is 24.2. The predicted octanol–water partition coefficient (Wildman–Crippen LogP) is 2.46. The molecule has 1 aliphatic heterocycles. The number of nitrogens with zero attached hydrogens (tertiary/aromatic N) is 4. The molecule has 0 unspecified atom stereocenters. The molecule has 2 fully saturated rings. The molecule has 24 heavy (non-hydrogen) atoms. The largest absolute Gasteiger partial charge is 0.342 e. The van der Waals surface area contributed by atoms with E-state index in [9.17, 15) is 9.18 Å². The molecule has 6 heteroatoms. The molecule has 1 amide bonds. The lowest BCUT2D eigenvalue weighted by Crippen LogP contribution is -2.39. The minimum absolute atomic E-state index is 0.0479. The molecule has 1 aromatic heterocycles. The van der Waals surface area contributed by atoms with Crippen LogP contribution in [-0.2, 0) is 11.8 Å². The van der Waals surface area contributed by atoms with Gasteiger partial charge in [0, 0.05) is 32.0 Å². The fourth-order valence-electron chi connectivity index (χ4n) is 3.84. The van der Waals surface area contributed by atoms with E-state index in [-0.39, 0.29) is 23.6 Å². The molecule has 2 heterocycles. The minimum atomic E-state index is -0.196. The Kier molecular flexibility index (Phi) is 3.82. The second-order valence-electron chi connectivity index (χ2n) is 6.87.